The quantitative estimate of drug-likeness (QED) is 0.825. The summed E-state index contributed by atoms with van der Waals surface area (Å²) in [4.78, 5) is 2.33. The number of aliphatic hydroxyl groups excluding tert-OH is 1. The summed E-state index contributed by atoms with van der Waals surface area (Å²) in [6.07, 6.45) is 1.05. The summed E-state index contributed by atoms with van der Waals surface area (Å²) in [6.45, 7) is 3.32. The molecule has 0 aliphatic carbocycles. The highest BCUT2D eigenvalue weighted by Gasteiger charge is 2.22. The lowest BCUT2D eigenvalue weighted by Gasteiger charge is -2.32. The van der Waals surface area contributed by atoms with Crippen LogP contribution < -0.4 is 4.74 Å². The third-order valence-corrected chi connectivity index (χ3v) is 3.56. The number of benzene rings is 1. The van der Waals surface area contributed by atoms with Gasteiger partial charge in [0.25, 0.3) is 0 Å². The average Bonchev–Trinajstić information content (AvgIpc) is 2.32. The Morgan fingerprint density at radius 1 is 1.50 bits per heavy atom. The fourth-order valence-corrected chi connectivity index (χ4v) is 2.34. The van der Waals surface area contributed by atoms with Gasteiger partial charge in [0.15, 0.2) is 0 Å². The fourth-order valence-electron chi connectivity index (χ4n) is 2.34. The van der Waals surface area contributed by atoms with E-state index in [0.29, 0.717) is 6.04 Å². The Hall–Kier alpha value is -1.06. The van der Waals surface area contributed by atoms with Crippen molar-refractivity contribution >= 4 is 0 Å². The second-order valence-electron chi connectivity index (χ2n) is 4.43. The van der Waals surface area contributed by atoms with Crippen LogP contribution in [0.25, 0.3) is 0 Å². The molecule has 1 heterocycles. The first-order chi connectivity index (χ1) is 7.67. The Labute approximate surface area is 96.6 Å². The zero-order valence-electron chi connectivity index (χ0n) is 10.2. The summed E-state index contributed by atoms with van der Waals surface area (Å²) in [7, 11) is 3.79. The van der Waals surface area contributed by atoms with Crippen LogP contribution in [0.3, 0.4) is 0 Å². The zero-order chi connectivity index (χ0) is 11.7. The van der Waals surface area contributed by atoms with Gasteiger partial charge in [-0.15, -0.1) is 0 Å². The molecule has 0 amide bonds. The second-order valence-corrected chi connectivity index (χ2v) is 4.43. The maximum Gasteiger partial charge on any atom is 0.124 e. The normalized spacial score (nSPS) is 20.6. The standard InChI is InChI=1S/C13H19NO2/c1-9-12-7-13(16-3)11(8-15)6-10(12)4-5-14(9)2/h6-7,9,15H,4-5,8H2,1-3H3. The minimum atomic E-state index is 0.0423. The molecular weight excluding hydrogens is 202 g/mol. The smallest absolute Gasteiger partial charge is 0.124 e. The van der Waals surface area contributed by atoms with Crippen LogP contribution in [0.4, 0.5) is 0 Å². The summed E-state index contributed by atoms with van der Waals surface area (Å²) in [6, 6.07) is 4.57. The molecule has 0 radical (unpaired) electrons. The topological polar surface area (TPSA) is 32.7 Å². The van der Waals surface area contributed by atoms with Gasteiger partial charge in [-0.1, -0.05) is 0 Å². The maximum atomic E-state index is 9.28. The molecule has 1 aliphatic heterocycles. The predicted octanol–water partition coefficient (Wildman–Crippen LogP) is 1.74. The summed E-state index contributed by atoms with van der Waals surface area (Å²) >= 11 is 0. The summed E-state index contributed by atoms with van der Waals surface area (Å²) in [5.41, 5.74) is 3.55. The lowest BCUT2D eigenvalue weighted by atomic mass is 9.92. The van der Waals surface area contributed by atoms with Crippen LogP contribution in [-0.4, -0.2) is 30.7 Å². The van der Waals surface area contributed by atoms with E-state index < -0.39 is 0 Å². The van der Waals surface area contributed by atoms with Crippen molar-refractivity contribution in [2.45, 2.75) is 26.0 Å². The molecule has 0 saturated heterocycles. The minimum Gasteiger partial charge on any atom is -0.496 e. The van der Waals surface area contributed by atoms with Crippen LogP contribution in [0, 0.1) is 0 Å². The summed E-state index contributed by atoms with van der Waals surface area (Å²) in [5.74, 6) is 0.795. The van der Waals surface area contributed by atoms with Gasteiger partial charge in [0.1, 0.15) is 5.75 Å². The molecule has 1 N–H and O–H groups in total. The van der Waals surface area contributed by atoms with Crippen molar-refractivity contribution in [2.75, 3.05) is 20.7 Å². The van der Waals surface area contributed by atoms with E-state index in [9.17, 15) is 5.11 Å². The van der Waals surface area contributed by atoms with Crippen molar-refractivity contribution in [3.8, 4) is 5.75 Å². The van der Waals surface area contributed by atoms with Crippen LogP contribution in [0.15, 0.2) is 12.1 Å². The van der Waals surface area contributed by atoms with Crippen LogP contribution in [0.2, 0.25) is 0 Å². The molecule has 1 unspecified atom stereocenters. The van der Waals surface area contributed by atoms with Gasteiger partial charge in [0.05, 0.1) is 13.7 Å². The van der Waals surface area contributed by atoms with Crippen molar-refractivity contribution in [3.05, 3.63) is 28.8 Å². The Morgan fingerprint density at radius 3 is 2.88 bits per heavy atom. The van der Waals surface area contributed by atoms with Gasteiger partial charge in [0, 0.05) is 18.2 Å². The number of ether oxygens (including phenoxy) is 1. The minimum absolute atomic E-state index is 0.0423. The number of rotatable bonds is 2. The fraction of sp³-hybridized carbons (Fsp3) is 0.538. The van der Waals surface area contributed by atoms with E-state index in [0.717, 1.165) is 24.3 Å². The number of nitrogens with zero attached hydrogens (tertiary/aromatic N) is 1. The molecule has 1 aromatic rings. The molecule has 0 aromatic heterocycles. The molecule has 1 aliphatic rings. The third-order valence-electron chi connectivity index (χ3n) is 3.56. The van der Waals surface area contributed by atoms with E-state index in [4.69, 9.17) is 4.74 Å². The first-order valence-electron chi connectivity index (χ1n) is 5.68. The van der Waals surface area contributed by atoms with E-state index in [1.54, 1.807) is 7.11 Å². The first kappa shape index (κ1) is 11.4. The second kappa shape index (κ2) is 4.44. The van der Waals surface area contributed by atoms with Crippen LogP contribution in [0.5, 0.6) is 5.75 Å². The van der Waals surface area contributed by atoms with Crippen LogP contribution in [0.1, 0.15) is 29.7 Å². The molecule has 3 nitrogen and oxygen atoms in total. The van der Waals surface area contributed by atoms with E-state index >= 15 is 0 Å². The van der Waals surface area contributed by atoms with Crippen LogP contribution >= 0.6 is 0 Å². The molecule has 88 valence electrons. The van der Waals surface area contributed by atoms with Gasteiger partial charge >= 0.3 is 0 Å². The first-order valence-corrected chi connectivity index (χ1v) is 5.68. The van der Waals surface area contributed by atoms with Gasteiger partial charge < -0.3 is 9.84 Å². The largest absolute Gasteiger partial charge is 0.496 e. The Bertz CT molecular complexity index is 390. The molecule has 0 spiro atoms. The number of likely N-dealkylation sites (N-methyl/N-ethyl adjacent to an activating group) is 1. The molecule has 2 rings (SSSR count). The number of aliphatic hydroxyl groups is 1. The Morgan fingerprint density at radius 2 is 2.25 bits per heavy atom. The zero-order valence-corrected chi connectivity index (χ0v) is 10.2. The van der Waals surface area contributed by atoms with E-state index in [2.05, 4.69) is 31.0 Å². The highest BCUT2D eigenvalue weighted by Crippen LogP contribution is 2.33. The lowest BCUT2D eigenvalue weighted by Crippen LogP contribution is -2.30. The number of hydrogen-bond donors (Lipinski definition) is 1. The van der Waals surface area contributed by atoms with Crippen molar-refractivity contribution in [2.24, 2.45) is 0 Å². The van der Waals surface area contributed by atoms with E-state index in [1.165, 1.54) is 11.1 Å². The van der Waals surface area contributed by atoms with Crippen molar-refractivity contribution < 1.29 is 9.84 Å². The molecule has 0 bridgehead atoms. The van der Waals surface area contributed by atoms with Crippen LogP contribution in [-0.2, 0) is 13.0 Å². The maximum absolute atomic E-state index is 9.28. The monoisotopic (exact) mass is 221 g/mol. The summed E-state index contributed by atoms with van der Waals surface area (Å²) in [5, 5.41) is 9.28. The molecule has 0 fully saturated rings. The SMILES string of the molecule is COc1cc2c(cc1CO)CCN(C)C2C. The predicted molar refractivity (Wildman–Crippen MR) is 63.7 cm³/mol. The number of methoxy groups -OCH3 is 1. The average molecular weight is 221 g/mol. The highest BCUT2D eigenvalue weighted by atomic mass is 16.5. The van der Waals surface area contributed by atoms with E-state index in [-0.39, 0.29) is 6.61 Å². The number of hydrogen-bond acceptors (Lipinski definition) is 3. The molecule has 3 heteroatoms. The van der Waals surface area contributed by atoms with Gasteiger partial charge in [-0.2, -0.15) is 0 Å². The lowest BCUT2D eigenvalue weighted by molar-refractivity contribution is 0.244. The van der Waals surface area contributed by atoms with Gasteiger partial charge in [0.2, 0.25) is 0 Å². The Balaban J connectivity index is 2.48. The molecule has 16 heavy (non-hydrogen) atoms. The van der Waals surface area contributed by atoms with Crippen molar-refractivity contribution in [1.29, 1.82) is 0 Å². The van der Waals surface area contributed by atoms with Crippen molar-refractivity contribution in [1.82, 2.24) is 4.90 Å². The number of fused-ring (bicyclic) bond motifs is 1. The summed E-state index contributed by atoms with van der Waals surface area (Å²) < 4.78 is 5.31. The Kier molecular flexibility index (Phi) is 3.17. The highest BCUT2D eigenvalue weighted by molar-refractivity contribution is 5.45. The van der Waals surface area contributed by atoms with E-state index in [1.807, 2.05) is 0 Å². The van der Waals surface area contributed by atoms with Gasteiger partial charge in [-0.05, 0) is 43.7 Å². The van der Waals surface area contributed by atoms with Gasteiger partial charge in [-0.3, -0.25) is 4.90 Å². The van der Waals surface area contributed by atoms with Crippen molar-refractivity contribution in [3.63, 3.8) is 0 Å². The van der Waals surface area contributed by atoms with Gasteiger partial charge in [-0.25, -0.2) is 0 Å². The molecule has 1 aromatic carbocycles. The third kappa shape index (κ3) is 1.81. The molecular formula is C13H19NO2. The molecule has 0 saturated carbocycles. The molecule has 1 atom stereocenters.